The molecule has 210 valence electrons. The molecule has 0 saturated heterocycles. The lowest BCUT2D eigenvalue weighted by molar-refractivity contribution is 0.201. The van der Waals surface area contributed by atoms with Crippen LogP contribution in [0.3, 0.4) is 0 Å². The Morgan fingerprint density at radius 1 is 1.10 bits per heavy atom. The first kappa shape index (κ1) is 27.9. The largest absolute Gasteiger partial charge is 0.384 e. The molecule has 0 radical (unpaired) electrons. The quantitative estimate of drug-likeness (QED) is 0.295. The van der Waals surface area contributed by atoms with E-state index in [9.17, 15) is 17.2 Å². The highest BCUT2D eigenvalue weighted by molar-refractivity contribution is 7.90. The van der Waals surface area contributed by atoms with Crippen LogP contribution in [0.5, 0.6) is 0 Å². The van der Waals surface area contributed by atoms with Gasteiger partial charge in [0.2, 0.25) is 0 Å². The molecule has 1 aliphatic rings. The molecule has 3 aromatic heterocycles. The predicted octanol–water partition coefficient (Wildman–Crippen LogP) is 4.20. The van der Waals surface area contributed by atoms with Gasteiger partial charge in [-0.2, -0.15) is 10.2 Å². The van der Waals surface area contributed by atoms with Gasteiger partial charge in [0, 0.05) is 38.1 Å². The molecule has 40 heavy (non-hydrogen) atoms. The first-order valence-corrected chi connectivity index (χ1v) is 15.1. The van der Waals surface area contributed by atoms with Crippen LogP contribution in [0, 0.1) is 11.6 Å². The molecule has 0 spiro atoms. The lowest BCUT2D eigenvalue weighted by Crippen LogP contribution is -2.19. The van der Waals surface area contributed by atoms with Crippen LogP contribution in [-0.2, 0) is 27.4 Å². The zero-order chi connectivity index (χ0) is 28.4. The average Bonchev–Trinajstić information content (AvgIpc) is 3.34. The van der Waals surface area contributed by atoms with E-state index in [0.717, 1.165) is 41.1 Å². The highest BCUT2D eigenvalue weighted by Crippen LogP contribution is 2.41. The van der Waals surface area contributed by atoms with Crippen molar-refractivity contribution >= 4 is 9.84 Å². The van der Waals surface area contributed by atoms with E-state index >= 15 is 0 Å². The maximum absolute atomic E-state index is 14.4. The monoisotopic (exact) mass is 568 g/mol. The SMILES string of the molecule is COCCc1nn(-c2nccc(C3CC[C@H](C)c4cc(-c5c(F)cccc5F)nnc43)n2)cc1CCS(C)(=O)=O. The number of rotatable bonds is 9. The number of ether oxygens (including phenoxy) is 1. The third-order valence-electron chi connectivity index (χ3n) is 7.21. The minimum atomic E-state index is -3.15. The standard InChI is InChI=1S/C28H30F2N6O3S/c1-17-7-8-19(27-20(17)15-25(33-34-27)26-21(29)5-4-6-22(26)30)24-9-12-31-28(32-24)36-16-18(11-14-40(3,37)38)23(35-36)10-13-39-2/h4-6,9,12,15-17,19H,7-8,10-11,13-14H2,1-3H3/t17-,19?/m0/s1. The number of fused-ring (bicyclic) bond motifs is 1. The van der Waals surface area contributed by atoms with Crippen LogP contribution in [0.25, 0.3) is 17.2 Å². The van der Waals surface area contributed by atoms with Crippen molar-refractivity contribution in [3.05, 3.63) is 82.6 Å². The van der Waals surface area contributed by atoms with Crippen molar-refractivity contribution in [2.75, 3.05) is 25.7 Å². The number of methoxy groups -OCH3 is 1. The minimum absolute atomic E-state index is 0.00799. The predicted molar refractivity (Wildman–Crippen MR) is 145 cm³/mol. The number of hydrogen-bond donors (Lipinski definition) is 0. The molecule has 3 heterocycles. The number of sulfone groups is 1. The highest BCUT2D eigenvalue weighted by Gasteiger charge is 2.30. The van der Waals surface area contributed by atoms with Gasteiger partial charge in [-0.3, -0.25) is 0 Å². The highest BCUT2D eigenvalue weighted by atomic mass is 32.2. The van der Waals surface area contributed by atoms with Crippen LogP contribution in [0.4, 0.5) is 8.78 Å². The fourth-order valence-corrected chi connectivity index (χ4v) is 5.66. The van der Waals surface area contributed by atoms with E-state index in [-0.39, 0.29) is 28.8 Å². The summed E-state index contributed by atoms with van der Waals surface area (Å²) in [7, 11) is -1.55. The van der Waals surface area contributed by atoms with Crippen molar-refractivity contribution in [1.29, 1.82) is 0 Å². The molecule has 1 aromatic carbocycles. The molecule has 0 fully saturated rings. The van der Waals surface area contributed by atoms with E-state index in [1.54, 1.807) is 30.3 Å². The van der Waals surface area contributed by atoms with Gasteiger partial charge in [-0.05, 0) is 60.6 Å². The second kappa shape index (κ2) is 11.5. The van der Waals surface area contributed by atoms with Gasteiger partial charge in [-0.1, -0.05) is 13.0 Å². The summed E-state index contributed by atoms with van der Waals surface area (Å²) in [4.78, 5) is 9.21. The normalized spacial score (nSPS) is 17.1. The molecule has 9 nitrogen and oxygen atoms in total. The minimum Gasteiger partial charge on any atom is -0.384 e. The van der Waals surface area contributed by atoms with Gasteiger partial charge < -0.3 is 4.74 Å². The molecule has 12 heteroatoms. The summed E-state index contributed by atoms with van der Waals surface area (Å²) in [5.74, 6) is -1.07. The molecule has 0 aliphatic heterocycles. The van der Waals surface area contributed by atoms with Crippen molar-refractivity contribution in [1.82, 2.24) is 29.9 Å². The third-order valence-corrected chi connectivity index (χ3v) is 8.16. The number of halogens is 2. The van der Waals surface area contributed by atoms with Crippen LogP contribution in [0.15, 0.2) is 42.7 Å². The number of benzene rings is 1. The molecule has 4 aromatic rings. The summed E-state index contributed by atoms with van der Waals surface area (Å²) in [6.45, 7) is 2.51. The topological polar surface area (TPSA) is 113 Å². The van der Waals surface area contributed by atoms with Crippen molar-refractivity contribution in [3.8, 4) is 17.2 Å². The fraction of sp³-hybridized carbons (Fsp3) is 0.393. The second-order valence-electron chi connectivity index (χ2n) is 10.1. The first-order valence-electron chi connectivity index (χ1n) is 13.0. The Kier molecular flexibility index (Phi) is 7.99. The van der Waals surface area contributed by atoms with Crippen molar-refractivity contribution < 1.29 is 21.9 Å². The second-order valence-corrected chi connectivity index (χ2v) is 12.4. The summed E-state index contributed by atoms with van der Waals surface area (Å²) in [5, 5.41) is 13.3. The average molecular weight is 569 g/mol. The van der Waals surface area contributed by atoms with E-state index in [0.29, 0.717) is 25.4 Å². The molecule has 0 N–H and O–H groups in total. The number of aryl methyl sites for hydroxylation is 1. The molecular weight excluding hydrogens is 538 g/mol. The smallest absolute Gasteiger partial charge is 0.250 e. The summed E-state index contributed by atoms with van der Waals surface area (Å²) < 4.78 is 59.2. The molecular formula is C28H30F2N6O3S. The van der Waals surface area contributed by atoms with Crippen molar-refractivity contribution in [2.45, 2.75) is 44.4 Å². The van der Waals surface area contributed by atoms with Crippen LogP contribution in [0.1, 0.15) is 59.8 Å². The van der Waals surface area contributed by atoms with E-state index in [1.165, 1.54) is 24.5 Å². The summed E-state index contributed by atoms with van der Waals surface area (Å²) in [5.41, 5.74) is 3.83. The lowest BCUT2D eigenvalue weighted by Gasteiger charge is -2.28. The fourth-order valence-electron chi connectivity index (χ4n) is 5.07. The Balaban J connectivity index is 1.49. The molecule has 1 aliphatic carbocycles. The Morgan fingerprint density at radius 2 is 1.88 bits per heavy atom. The first-order chi connectivity index (χ1) is 19.1. The van der Waals surface area contributed by atoms with Gasteiger partial charge >= 0.3 is 0 Å². The van der Waals surface area contributed by atoms with E-state index < -0.39 is 21.5 Å². The van der Waals surface area contributed by atoms with Gasteiger partial charge in [0.1, 0.15) is 21.5 Å². The van der Waals surface area contributed by atoms with Crippen LogP contribution < -0.4 is 0 Å². The van der Waals surface area contributed by atoms with E-state index in [2.05, 4.69) is 27.2 Å². The van der Waals surface area contributed by atoms with Crippen molar-refractivity contribution in [3.63, 3.8) is 0 Å². The zero-order valence-electron chi connectivity index (χ0n) is 22.5. The van der Waals surface area contributed by atoms with Crippen LogP contribution >= 0.6 is 0 Å². The maximum Gasteiger partial charge on any atom is 0.250 e. The Labute approximate surface area is 231 Å². The molecule has 0 bridgehead atoms. The summed E-state index contributed by atoms with van der Waals surface area (Å²) in [6, 6.07) is 7.28. The Bertz CT molecular complexity index is 1620. The van der Waals surface area contributed by atoms with Gasteiger partial charge in [0.25, 0.3) is 5.95 Å². The molecule has 0 amide bonds. The van der Waals surface area contributed by atoms with Crippen LogP contribution in [0.2, 0.25) is 0 Å². The summed E-state index contributed by atoms with van der Waals surface area (Å²) in [6.07, 6.45) is 7.08. The third kappa shape index (κ3) is 5.92. The molecule has 0 saturated carbocycles. The van der Waals surface area contributed by atoms with E-state index in [1.807, 2.05) is 6.07 Å². The Hall–Kier alpha value is -3.64. The van der Waals surface area contributed by atoms with Crippen molar-refractivity contribution in [2.24, 2.45) is 0 Å². The zero-order valence-corrected chi connectivity index (χ0v) is 23.3. The van der Waals surface area contributed by atoms with Gasteiger partial charge in [-0.15, -0.1) is 5.10 Å². The number of nitrogens with zero attached hydrogens (tertiary/aromatic N) is 6. The molecule has 5 rings (SSSR count). The number of hydrogen-bond acceptors (Lipinski definition) is 8. The lowest BCUT2D eigenvalue weighted by atomic mass is 9.79. The Morgan fingerprint density at radius 3 is 2.60 bits per heavy atom. The number of aromatic nitrogens is 6. The maximum atomic E-state index is 14.4. The van der Waals surface area contributed by atoms with E-state index in [4.69, 9.17) is 9.72 Å². The molecule has 1 unspecified atom stereocenters. The van der Waals surface area contributed by atoms with Crippen LogP contribution in [-0.4, -0.2) is 64.1 Å². The van der Waals surface area contributed by atoms with Gasteiger partial charge in [0.15, 0.2) is 0 Å². The van der Waals surface area contributed by atoms with Gasteiger partial charge in [-0.25, -0.2) is 31.8 Å². The molecule has 2 atom stereocenters. The van der Waals surface area contributed by atoms with Gasteiger partial charge in [0.05, 0.1) is 40.7 Å². The summed E-state index contributed by atoms with van der Waals surface area (Å²) >= 11 is 0.